The van der Waals surface area contributed by atoms with Gasteiger partial charge in [0.25, 0.3) is 0 Å². The zero-order valence-electron chi connectivity index (χ0n) is 36.0. The SMILES string of the molecule is O[C@H]1O[C@H](COC2C[C@@H](OCc3ccccc3)[C@H](OCc3ccccc3)[C@@H](COCc3ccccc3)O2)[C@@H](OCc2ccccc2)[C@H](OCc2ccccc2)[C@H]1OCc1ccccc1. The molecule has 10 nitrogen and oxygen atoms in total. The normalized spacial score (nSPS) is 24.6. The van der Waals surface area contributed by atoms with E-state index in [-0.39, 0.29) is 33.0 Å². The Morgan fingerprint density at radius 3 is 1.17 bits per heavy atom. The van der Waals surface area contributed by atoms with Crippen molar-refractivity contribution in [2.75, 3.05) is 13.2 Å². The number of aliphatic hydroxyl groups excluding tert-OH is 1. The third-order valence-corrected chi connectivity index (χ3v) is 11.4. The molecule has 2 saturated heterocycles. The minimum Gasteiger partial charge on any atom is -0.374 e. The van der Waals surface area contributed by atoms with E-state index in [0.29, 0.717) is 26.2 Å². The van der Waals surface area contributed by atoms with Crippen LogP contribution in [-0.4, -0.2) is 73.6 Å². The van der Waals surface area contributed by atoms with Crippen LogP contribution in [0.5, 0.6) is 0 Å². The minimum atomic E-state index is -1.35. The summed E-state index contributed by atoms with van der Waals surface area (Å²) in [5, 5.41) is 11.7. The van der Waals surface area contributed by atoms with Crippen molar-refractivity contribution in [2.24, 2.45) is 0 Å². The Morgan fingerprint density at radius 1 is 0.359 bits per heavy atom. The molecule has 0 aliphatic carbocycles. The molecular weight excluding hydrogens is 809 g/mol. The molecular formula is C54H58O10. The van der Waals surface area contributed by atoms with Gasteiger partial charge in [0.2, 0.25) is 0 Å². The number of hydrogen-bond acceptors (Lipinski definition) is 10. The first kappa shape index (κ1) is 45.5. The predicted octanol–water partition coefficient (Wildman–Crippen LogP) is 8.98. The van der Waals surface area contributed by atoms with Gasteiger partial charge in [-0.15, -0.1) is 0 Å². The van der Waals surface area contributed by atoms with Crippen LogP contribution in [0.15, 0.2) is 182 Å². The van der Waals surface area contributed by atoms with Gasteiger partial charge in [-0.3, -0.25) is 0 Å². The third kappa shape index (κ3) is 13.5. The molecule has 2 heterocycles. The topological polar surface area (TPSA) is 103 Å². The largest absolute Gasteiger partial charge is 0.374 e. The predicted molar refractivity (Wildman–Crippen MR) is 241 cm³/mol. The molecule has 1 unspecified atom stereocenters. The lowest BCUT2D eigenvalue weighted by molar-refractivity contribution is -0.330. The number of hydrogen-bond donors (Lipinski definition) is 1. The second-order valence-corrected chi connectivity index (χ2v) is 16.1. The molecule has 0 bridgehead atoms. The summed E-state index contributed by atoms with van der Waals surface area (Å²) in [6, 6.07) is 59.9. The Balaban J connectivity index is 1.03. The van der Waals surface area contributed by atoms with Gasteiger partial charge in [0, 0.05) is 6.42 Å². The lowest BCUT2D eigenvalue weighted by Crippen LogP contribution is -2.61. The summed E-state index contributed by atoms with van der Waals surface area (Å²) in [7, 11) is 0. The molecule has 0 amide bonds. The Hall–Kier alpha value is -5.08. The third-order valence-electron chi connectivity index (χ3n) is 11.4. The highest BCUT2D eigenvalue weighted by molar-refractivity contribution is 5.18. The van der Waals surface area contributed by atoms with Crippen LogP contribution < -0.4 is 0 Å². The van der Waals surface area contributed by atoms with E-state index in [1.54, 1.807) is 0 Å². The molecule has 0 radical (unpaired) electrons. The second kappa shape index (κ2) is 24.3. The maximum absolute atomic E-state index is 11.7. The lowest BCUT2D eigenvalue weighted by atomic mass is 9.97. The highest BCUT2D eigenvalue weighted by Crippen LogP contribution is 2.33. The van der Waals surface area contributed by atoms with Crippen LogP contribution in [0.25, 0.3) is 0 Å². The van der Waals surface area contributed by atoms with Gasteiger partial charge >= 0.3 is 0 Å². The fourth-order valence-corrected chi connectivity index (χ4v) is 8.02. The van der Waals surface area contributed by atoms with Gasteiger partial charge < -0.3 is 47.7 Å². The summed E-state index contributed by atoms with van der Waals surface area (Å²) >= 11 is 0. The fraction of sp³-hybridized carbons (Fsp3) is 0.333. The van der Waals surface area contributed by atoms with Crippen molar-refractivity contribution >= 4 is 0 Å². The van der Waals surface area contributed by atoms with Gasteiger partial charge in [0.1, 0.15) is 36.6 Å². The Bertz CT molecular complexity index is 2170. The van der Waals surface area contributed by atoms with Crippen molar-refractivity contribution in [1.29, 1.82) is 0 Å². The van der Waals surface area contributed by atoms with Crippen molar-refractivity contribution < 1.29 is 47.7 Å². The molecule has 6 aromatic carbocycles. The highest BCUT2D eigenvalue weighted by atomic mass is 16.7. The standard InChI is InChI=1S/C54H58O10/c55-54-53(62-37-45-29-17-6-18-30-45)52(61-36-44-27-15-5-16-28-44)51(60-35-43-25-13-4-14-26-43)48(64-54)39-58-49-31-46(57-33-41-21-9-2-10-22-41)50(59-34-42-23-11-3-12-24-42)47(63-49)38-56-32-40-19-7-1-8-20-40/h1-30,46-55H,31-39H2/t46-,47-,48-,49?,50+,51-,52+,53-,54+/m1/s1. The molecule has 2 fully saturated rings. The van der Waals surface area contributed by atoms with E-state index in [1.807, 2.05) is 182 Å². The summed E-state index contributed by atoms with van der Waals surface area (Å²) in [6.07, 6.45) is -6.28. The van der Waals surface area contributed by atoms with Crippen LogP contribution >= 0.6 is 0 Å². The molecule has 2 aliphatic heterocycles. The van der Waals surface area contributed by atoms with E-state index < -0.39 is 55.3 Å². The fourth-order valence-electron chi connectivity index (χ4n) is 8.02. The molecule has 10 heteroatoms. The molecule has 0 aromatic heterocycles. The monoisotopic (exact) mass is 866 g/mol. The highest BCUT2D eigenvalue weighted by Gasteiger charge is 2.49. The number of benzene rings is 6. The van der Waals surface area contributed by atoms with Crippen LogP contribution in [-0.2, 0) is 82.3 Å². The molecule has 9 atom stereocenters. The van der Waals surface area contributed by atoms with Crippen LogP contribution in [0.3, 0.4) is 0 Å². The second-order valence-electron chi connectivity index (χ2n) is 16.1. The number of rotatable bonds is 22. The molecule has 1 N–H and O–H groups in total. The maximum atomic E-state index is 11.7. The quantitative estimate of drug-likeness (QED) is 0.0712. The van der Waals surface area contributed by atoms with Gasteiger partial charge in [-0.05, 0) is 33.4 Å². The Labute approximate surface area is 376 Å². The molecule has 2 aliphatic rings. The first-order chi connectivity index (χ1) is 31.6. The van der Waals surface area contributed by atoms with Crippen LogP contribution in [0.4, 0.5) is 0 Å². The zero-order valence-corrected chi connectivity index (χ0v) is 36.0. The van der Waals surface area contributed by atoms with E-state index in [2.05, 4.69) is 0 Å². The van der Waals surface area contributed by atoms with Gasteiger partial charge in [-0.2, -0.15) is 0 Å². The average Bonchev–Trinajstić information content (AvgIpc) is 3.35. The van der Waals surface area contributed by atoms with Crippen molar-refractivity contribution in [1.82, 2.24) is 0 Å². The maximum Gasteiger partial charge on any atom is 0.184 e. The van der Waals surface area contributed by atoms with E-state index in [1.165, 1.54) is 0 Å². The van der Waals surface area contributed by atoms with Crippen LogP contribution in [0.1, 0.15) is 39.8 Å². The average molecular weight is 867 g/mol. The van der Waals surface area contributed by atoms with E-state index in [9.17, 15) is 5.11 Å². The summed E-state index contributed by atoms with van der Waals surface area (Å²) < 4.78 is 59.5. The Kier molecular flexibility index (Phi) is 17.3. The van der Waals surface area contributed by atoms with Crippen molar-refractivity contribution in [2.45, 2.75) is 101 Å². The first-order valence-electron chi connectivity index (χ1n) is 22.1. The minimum absolute atomic E-state index is 0.0102. The number of ether oxygens (including phenoxy) is 9. The first-order valence-corrected chi connectivity index (χ1v) is 22.1. The van der Waals surface area contributed by atoms with Crippen molar-refractivity contribution in [3.8, 4) is 0 Å². The summed E-state index contributed by atoms with van der Waals surface area (Å²) in [6.45, 7) is 2.17. The van der Waals surface area contributed by atoms with Crippen LogP contribution in [0.2, 0.25) is 0 Å². The molecule has 334 valence electrons. The van der Waals surface area contributed by atoms with Crippen molar-refractivity contribution in [3.05, 3.63) is 215 Å². The van der Waals surface area contributed by atoms with Gasteiger partial charge in [-0.25, -0.2) is 0 Å². The van der Waals surface area contributed by atoms with E-state index >= 15 is 0 Å². The van der Waals surface area contributed by atoms with Crippen molar-refractivity contribution in [3.63, 3.8) is 0 Å². The van der Waals surface area contributed by atoms with Gasteiger partial charge in [0.05, 0.1) is 59.0 Å². The summed E-state index contributed by atoms with van der Waals surface area (Å²) in [5.74, 6) is 0. The summed E-state index contributed by atoms with van der Waals surface area (Å²) in [5.41, 5.74) is 6.03. The lowest BCUT2D eigenvalue weighted by Gasteiger charge is -2.45. The number of aliphatic hydroxyl groups is 1. The van der Waals surface area contributed by atoms with Gasteiger partial charge in [0.15, 0.2) is 12.6 Å². The molecule has 8 rings (SSSR count). The Morgan fingerprint density at radius 2 is 0.719 bits per heavy atom. The van der Waals surface area contributed by atoms with Crippen LogP contribution in [0, 0.1) is 0 Å². The summed E-state index contributed by atoms with van der Waals surface area (Å²) in [4.78, 5) is 0. The molecule has 64 heavy (non-hydrogen) atoms. The molecule has 0 spiro atoms. The zero-order chi connectivity index (χ0) is 43.6. The van der Waals surface area contributed by atoms with Gasteiger partial charge in [-0.1, -0.05) is 182 Å². The van der Waals surface area contributed by atoms with E-state index in [0.717, 1.165) is 33.4 Å². The molecule has 0 saturated carbocycles. The van der Waals surface area contributed by atoms with E-state index in [4.69, 9.17) is 42.6 Å². The molecule has 6 aromatic rings. The smallest absolute Gasteiger partial charge is 0.184 e.